The lowest BCUT2D eigenvalue weighted by Crippen LogP contribution is -2.15. The van der Waals surface area contributed by atoms with Gasteiger partial charge in [-0.05, 0) is 42.8 Å². The van der Waals surface area contributed by atoms with Crippen LogP contribution in [0.5, 0.6) is 0 Å². The summed E-state index contributed by atoms with van der Waals surface area (Å²) >= 11 is 12.3. The third-order valence-corrected chi connectivity index (χ3v) is 4.43. The Hall–Kier alpha value is -1.97. The fourth-order valence-electron chi connectivity index (χ4n) is 2.41. The maximum atomic E-state index is 12.5. The second-order valence-electron chi connectivity index (χ2n) is 5.18. The molecule has 0 saturated heterocycles. The number of nitrogens with zero attached hydrogens (tertiary/aromatic N) is 1. The number of amides is 1. The summed E-state index contributed by atoms with van der Waals surface area (Å²) in [6.07, 6.45) is 0. The Bertz CT molecular complexity index is 884. The Kier molecular flexibility index (Phi) is 3.85. The number of nitrogens with one attached hydrogen (secondary N) is 1. The molecule has 3 nitrogen and oxygen atoms in total. The smallest absolute Gasteiger partial charge is 0.272 e. The van der Waals surface area contributed by atoms with Crippen LogP contribution in [0.1, 0.15) is 16.1 Å². The van der Waals surface area contributed by atoms with E-state index in [1.54, 1.807) is 12.1 Å². The second kappa shape index (κ2) is 5.67. The summed E-state index contributed by atoms with van der Waals surface area (Å²) in [6.45, 7) is 1.92. The van der Waals surface area contributed by atoms with E-state index in [0.29, 0.717) is 21.4 Å². The van der Waals surface area contributed by atoms with E-state index >= 15 is 0 Å². The first-order valence-corrected chi connectivity index (χ1v) is 7.54. The van der Waals surface area contributed by atoms with Gasteiger partial charge in [0.25, 0.3) is 5.91 Å². The number of aromatic nitrogens is 1. The highest BCUT2D eigenvalue weighted by Crippen LogP contribution is 2.27. The summed E-state index contributed by atoms with van der Waals surface area (Å²) in [7, 11) is 1.84. The quantitative estimate of drug-likeness (QED) is 0.700. The van der Waals surface area contributed by atoms with Gasteiger partial charge in [-0.2, -0.15) is 0 Å². The first-order chi connectivity index (χ1) is 10.5. The molecule has 22 heavy (non-hydrogen) atoms. The van der Waals surface area contributed by atoms with E-state index in [1.807, 2.05) is 48.9 Å². The van der Waals surface area contributed by atoms with E-state index in [-0.39, 0.29) is 5.91 Å². The van der Waals surface area contributed by atoms with Crippen molar-refractivity contribution in [1.82, 2.24) is 4.57 Å². The molecule has 0 fully saturated rings. The van der Waals surface area contributed by atoms with Crippen molar-refractivity contribution in [2.45, 2.75) is 6.92 Å². The third-order valence-electron chi connectivity index (χ3n) is 3.70. The van der Waals surface area contributed by atoms with Crippen molar-refractivity contribution >= 4 is 45.7 Å². The molecule has 1 N–H and O–H groups in total. The van der Waals surface area contributed by atoms with Crippen molar-refractivity contribution < 1.29 is 4.79 Å². The van der Waals surface area contributed by atoms with Crippen molar-refractivity contribution in [3.05, 3.63) is 63.8 Å². The molecule has 1 aromatic heterocycles. The minimum Gasteiger partial charge on any atom is -0.340 e. The minimum absolute atomic E-state index is 0.199. The number of rotatable bonds is 2. The van der Waals surface area contributed by atoms with Crippen LogP contribution in [-0.4, -0.2) is 10.5 Å². The van der Waals surface area contributed by atoms with Crippen molar-refractivity contribution in [2.24, 2.45) is 7.05 Å². The first kappa shape index (κ1) is 14.9. The van der Waals surface area contributed by atoms with Crippen LogP contribution in [0.15, 0.2) is 42.5 Å². The number of carbonyl (C=O) groups is 1. The van der Waals surface area contributed by atoms with Crippen LogP contribution >= 0.6 is 23.2 Å². The van der Waals surface area contributed by atoms with E-state index in [4.69, 9.17) is 23.2 Å². The standard InChI is InChI=1S/C17H14Cl2N2O/c1-10-6-7-11(8-14(10)19)20-17(22)16-9-12-13(18)4-3-5-15(12)21(16)2/h3-9H,1-2H3,(H,20,22). The van der Waals surface area contributed by atoms with E-state index in [2.05, 4.69) is 5.32 Å². The van der Waals surface area contributed by atoms with Crippen LogP contribution in [-0.2, 0) is 7.05 Å². The van der Waals surface area contributed by atoms with Crippen molar-refractivity contribution in [1.29, 1.82) is 0 Å². The van der Waals surface area contributed by atoms with Gasteiger partial charge in [-0.25, -0.2) is 0 Å². The van der Waals surface area contributed by atoms with Crippen LogP contribution in [0, 0.1) is 6.92 Å². The molecule has 0 bridgehead atoms. The zero-order valence-electron chi connectivity index (χ0n) is 12.2. The van der Waals surface area contributed by atoms with Crippen LogP contribution < -0.4 is 5.32 Å². The number of aryl methyl sites for hydroxylation is 2. The highest BCUT2D eigenvalue weighted by molar-refractivity contribution is 6.35. The monoisotopic (exact) mass is 332 g/mol. The third kappa shape index (κ3) is 2.58. The molecule has 0 aliphatic rings. The highest BCUT2D eigenvalue weighted by Gasteiger charge is 2.15. The summed E-state index contributed by atoms with van der Waals surface area (Å²) < 4.78 is 1.83. The molecule has 1 amide bonds. The summed E-state index contributed by atoms with van der Waals surface area (Å²) in [4.78, 5) is 12.5. The lowest BCUT2D eigenvalue weighted by molar-refractivity contribution is 0.102. The average molecular weight is 333 g/mol. The van der Waals surface area contributed by atoms with E-state index in [1.165, 1.54) is 0 Å². The number of hydrogen-bond donors (Lipinski definition) is 1. The molecular weight excluding hydrogens is 319 g/mol. The molecule has 0 radical (unpaired) electrons. The number of hydrogen-bond acceptors (Lipinski definition) is 1. The summed E-state index contributed by atoms with van der Waals surface area (Å²) in [6, 6.07) is 12.8. The molecule has 0 saturated carbocycles. The number of benzene rings is 2. The van der Waals surface area contributed by atoms with E-state index in [0.717, 1.165) is 16.5 Å². The predicted molar refractivity (Wildman–Crippen MR) is 92.1 cm³/mol. The fourth-order valence-corrected chi connectivity index (χ4v) is 2.81. The Labute approximate surface area is 138 Å². The molecule has 1 heterocycles. The fraction of sp³-hybridized carbons (Fsp3) is 0.118. The Morgan fingerprint density at radius 2 is 1.86 bits per heavy atom. The van der Waals surface area contributed by atoms with Crippen molar-refractivity contribution in [3.8, 4) is 0 Å². The van der Waals surface area contributed by atoms with Gasteiger partial charge in [0.1, 0.15) is 5.69 Å². The largest absolute Gasteiger partial charge is 0.340 e. The van der Waals surface area contributed by atoms with Crippen molar-refractivity contribution in [2.75, 3.05) is 5.32 Å². The maximum absolute atomic E-state index is 12.5. The molecule has 0 spiro atoms. The zero-order valence-corrected chi connectivity index (χ0v) is 13.7. The Morgan fingerprint density at radius 3 is 2.55 bits per heavy atom. The van der Waals surface area contributed by atoms with Crippen LogP contribution in [0.3, 0.4) is 0 Å². The molecule has 0 unspecified atom stereocenters. The predicted octanol–water partition coefficient (Wildman–Crippen LogP) is 5.05. The number of carbonyl (C=O) groups excluding carboxylic acids is 1. The van der Waals surface area contributed by atoms with Crippen LogP contribution in [0.4, 0.5) is 5.69 Å². The normalized spacial score (nSPS) is 10.9. The van der Waals surface area contributed by atoms with Crippen LogP contribution in [0.25, 0.3) is 10.9 Å². The topological polar surface area (TPSA) is 34.0 Å². The minimum atomic E-state index is -0.199. The Balaban J connectivity index is 1.97. The van der Waals surface area contributed by atoms with E-state index in [9.17, 15) is 4.79 Å². The first-order valence-electron chi connectivity index (χ1n) is 6.79. The number of fused-ring (bicyclic) bond motifs is 1. The van der Waals surface area contributed by atoms with Gasteiger partial charge in [0.05, 0.1) is 0 Å². The SMILES string of the molecule is Cc1ccc(NC(=O)c2cc3c(Cl)cccc3n2C)cc1Cl. The maximum Gasteiger partial charge on any atom is 0.272 e. The summed E-state index contributed by atoms with van der Waals surface area (Å²) in [5.74, 6) is -0.199. The van der Waals surface area contributed by atoms with Gasteiger partial charge in [-0.3, -0.25) is 4.79 Å². The van der Waals surface area contributed by atoms with Gasteiger partial charge < -0.3 is 9.88 Å². The molecule has 3 rings (SSSR count). The molecular formula is C17H14Cl2N2O. The lowest BCUT2D eigenvalue weighted by atomic mass is 10.2. The number of halogens is 2. The van der Waals surface area contributed by atoms with Gasteiger partial charge in [0, 0.05) is 33.7 Å². The van der Waals surface area contributed by atoms with Gasteiger partial charge in [-0.1, -0.05) is 35.3 Å². The molecule has 0 aliphatic carbocycles. The Morgan fingerprint density at radius 1 is 1.09 bits per heavy atom. The second-order valence-corrected chi connectivity index (χ2v) is 5.99. The van der Waals surface area contributed by atoms with Gasteiger partial charge in [-0.15, -0.1) is 0 Å². The van der Waals surface area contributed by atoms with E-state index < -0.39 is 0 Å². The molecule has 0 aliphatic heterocycles. The van der Waals surface area contributed by atoms with Crippen molar-refractivity contribution in [3.63, 3.8) is 0 Å². The molecule has 3 aromatic rings. The van der Waals surface area contributed by atoms with Gasteiger partial charge in [0.2, 0.25) is 0 Å². The van der Waals surface area contributed by atoms with Gasteiger partial charge >= 0.3 is 0 Å². The molecule has 0 atom stereocenters. The zero-order chi connectivity index (χ0) is 15.9. The molecule has 2 aromatic carbocycles. The number of anilines is 1. The summed E-state index contributed by atoms with van der Waals surface area (Å²) in [5.41, 5.74) is 3.09. The highest BCUT2D eigenvalue weighted by atomic mass is 35.5. The van der Waals surface area contributed by atoms with Crippen LogP contribution in [0.2, 0.25) is 10.0 Å². The lowest BCUT2D eigenvalue weighted by Gasteiger charge is -2.08. The molecule has 5 heteroatoms. The average Bonchev–Trinajstić information content (AvgIpc) is 2.82. The summed E-state index contributed by atoms with van der Waals surface area (Å²) in [5, 5.41) is 4.97. The molecule has 112 valence electrons. The van der Waals surface area contributed by atoms with Gasteiger partial charge in [0.15, 0.2) is 0 Å².